The van der Waals surface area contributed by atoms with Gasteiger partial charge in [0, 0.05) is 16.6 Å². The minimum Gasteiger partial charge on any atom is -0.383 e. The van der Waals surface area contributed by atoms with Crippen molar-refractivity contribution in [3.05, 3.63) is 45.7 Å². The zero-order chi connectivity index (χ0) is 13.1. The quantitative estimate of drug-likeness (QED) is 0.915. The van der Waals surface area contributed by atoms with Crippen LogP contribution < -0.4 is 11.1 Å². The van der Waals surface area contributed by atoms with Crippen molar-refractivity contribution in [2.24, 2.45) is 0 Å². The van der Waals surface area contributed by atoms with Crippen molar-refractivity contribution in [2.75, 3.05) is 11.1 Å². The SMILES string of the molecule is Cc1nc(N)c(C)c(NCc2ccc(Br)cc2)n1. The van der Waals surface area contributed by atoms with E-state index in [-0.39, 0.29) is 0 Å². The van der Waals surface area contributed by atoms with Crippen LogP contribution in [0, 0.1) is 13.8 Å². The zero-order valence-electron chi connectivity index (χ0n) is 10.4. The van der Waals surface area contributed by atoms with E-state index >= 15 is 0 Å². The third-order valence-corrected chi connectivity index (χ3v) is 3.20. The third kappa shape index (κ3) is 2.98. The van der Waals surface area contributed by atoms with Gasteiger partial charge in [-0.3, -0.25) is 0 Å². The van der Waals surface area contributed by atoms with Gasteiger partial charge < -0.3 is 11.1 Å². The second-order valence-electron chi connectivity index (χ2n) is 4.11. The Bertz CT molecular complexity index is 552. The first-order valence-corrected chi connectivity index (χ1v) is 6.44. The molecule has 94 valence electrons. The molecule has 0 unspecified atom stereocenters. The molecule has 2 rings (SSSR count). The minimum atomic E-state index is 0.529. The summed E-state index contributed by atoms with van der Waals surface area (Å²) in [5.74, 6) is 2.00. The molecule has 0 amide bonds. The van der Waals surface area contributed by atoms with Gasteiger partial charge in [-0.2, -0.15) is 0 Å². The van der Waals surface area contributed by atoms with Gasteiger partial charge in [0.25, 0.3) is 0 Å². The van der Waals surface area contributed by atoms with Crippen molar-refractivity contribution in [1.29, 1.82) is 0 Å². The molecule has 0 aliphatic heterocycles. The summed E-state index contributed by atoms with van der Waals surface area (Å²) in [4.78, 5) is 8.48. The monoisotopic (exact) mass is 306 g/mol. The molecule has 4 nitrogen and oxygen atoms in total. The number of rotatable bonds is 3. The maximum Gasteiger partial charge on any atom is 0.135 e. The van der Waals surface area contributed by atoms with Crippen LogP contribution in [0.25, 0.3) is 0 Å². The number of hydrogen-bond donors (Lipinski definition) is 2. The Morgan fingerprint density at radius 1 is 1.17 bits per heavy atom. The number of nitrogens with one attached hydrogen (secondary N) is 1. The number of aryl methyl sites for hydroxylation is 1. The molecule has 2 aromatic rings. The molecule has 1 heterocycles. The van der Waals surface area contributed by atoms with Crippen LogP contribution in [0.2, 0.25) is 0 Å². The van der Waals surface area contributed by atoms with Gasteiger partial charge in [0.2, 0.25) is 0 Å². The maximum atomic E-state index is 5.81. The molecule has 0 bridgehead atoms. The van der Waals surface area contributed by atoms with Crippen molar-refractivity contribution in [3.8, 4) is 0 Å². The van der Waals surface area contributed by atoms with Crippen LogP contribution in [0.5, 0.6) is 0 Å². The van der Waals surface area contributed by atoms with E-state index in [0.717, 1.165) is 15.9 Å². The number of halogens is 1. The van der Waals surface area contributed by atoms with E-state index in [1.807, 2.05) is 26.0 Å². The summed E-state index contributed by atoms with van der Waals surface area (Å²) in [5.41, 5.74) is 7.89. The highest BCUT2D eigenvalue weighted by atomic mass is 79.9. The number of hydrogen-bond acceptors (Lipinski definition) is 4. The standard InChI is InChI=1S/C13H15BrN4/c1-8-12(15)17-9(2)18-13(8)16-7-10-3-5-11(14)6-4-10/h3-6H,7H2,1-2H3,(H3,15,16,17,18). The summed E-state index contributed by atoms with van der Waals surface area (Å²) in [7, 11) is 0. The second-order valence-corrected chi connectivity index (χ2v) is 5.03. The fourth-order valence-electron chi connectivity index (χ4n) is 1.61. The molecule has 0 saturated carbocycles. The molecule has 0 aliphatic rings. The van der Waals surface area contributed by atoms with Gasteiger partial charge in [-0.25, -0.2) is 9.97 Å². The average Bonchev–Trinajstić information content (AvgIpc) is 2.34. The molecule has 1 aromatic heterocycles. The van der Waals surface area contributed by atoms with E-state index in [2.05, 4.69) is 43.3 Å². The molecule has 3 N–H and O–H groups in total. The lowest BCUT2D eigenvalue weighted by Crippen LogP contribution is -2.08. The third-order valence-electron chi connectivity index (χ3n) is 2.67. The van der Waals surface area contributed by atoms with E-state index in [1.165, 1.54) is 5.56 Å². The first-order chi connectivity index (χ1) is 8.56. The average molecular weight is 307 g/mol. The molecule has 5 heteroatoms. The van der Waals surface area contributed by atoms with Crippen LogP contribution in [0.1, 0.15) is 17.0 Å². The predicted molar refractivity (Wildman–Crippen MR) is 77.4 cm³/mol. The normalized spacial score (nSPS) is 10.4. The lowest BCUT2D eigenvalue weighted by atomic mass is 10.2. The van der Waals surface area contributed by atoms with E-state index in [1.54, 1.807) is 0 Å². The fraction of sp³-hybridized carbons (Fsp3) is 0.231. The van der Waals surface area contributed by atoms with Crippen LogP contribution in [-0.2, 0) is 6.54 Å². The van der Waals surface area contributed by atoms with Gasteiger partial charge in [0.15, 0.2) is 0 Å². The highest BCUT2D eigenvalue weighted by Crippen LogP contribution is 2.18. The Labute approximate surface area is 115 Å². The minimum absolute atomic E-state index is 0.529. The molecule has 0 fully saturated rings. The van der Waals surface area contributed by atoms with Gasteiger partial charge in [0.05, 0.1) is 0 Å². The largest absolute Gasteiger partial charge is 0.383 e. The highest BCUT2D eigenvalue weighted by Gasteiger charge is 2.05. The van der Waals surface area contributed by atoms with Gasteiger partial charge in [-0.1, -0.05) is 28.1 Å². The lowest BCUT2D eigenvalue weighted by Gasteiger charge is -2.10. The van der Waals surface area contributed by atoms with Crippen LogP contribution in [0.3, 0.4) is 0 Å². The van der Waals surface area contributed by atoms with E-state index in [9.17, 15) is 0 Å². The molecule has 0 aliphatic carbocycles. The Morgan fingerprint density at radius 3 is 2.50 bits per heavy atom. The maximum absolute atomic E-state index is 5.81. The number of nitrogen functional groups attached to an aromatic ring is 1. The predicted octanol–water partition coefficient (Wildman–Crippen LogP) is 3.05. The van der Waals surface area contributed by atoms with E-state index in [4.69, 9.17) is 5.73 Å². The smallest absolute Gasteiger partial charge is 0.135 e. The van der Waals surface area contributed by atoms with Crippen molar-refractivity contribution in [1.82, 2.24) is 9.97 Å². The second kappa shape index (κ2) is 5.35. The van der Waals surface area contributed by atoms with Gasteiger partial charge >= 0.3 is 0 Å². The molecule has 0 spiro atoms. The Hall–Kier alpha value is -1.62. The Kier molecular flexibility index (Phi) is 3.81. The van der Waals surface area contributed by atoms with Gasteiger partial charge in [0.1, 0.15) is 17.5 Å². The first-order valence-electron chi connectivity index (χ1n) is 5.65. The van der Waals surface area contributed by atoms with Crippen molar-refractivity contribution in [3.63, 3.8) is 0 Å². The Balaban J connectivity index is 2.13. The highest BCUT2D eigenvalue weighted by molar-refractivity contribution is 9.10. The number of anilines is 2. The van der Waals surface area contributed by atoms with Crippen LogP contribution in [-0.4, -0.2) is 9.97 Å². The number of benzene rings is 1. The number of nitrogens with two attached hydrogens (primary N) is 1. The van der Waals surface area contributed by atoms with Gasteiger partial charge in [-0.15, -0.1) is 0 Å². The molecular weight excluding hydrogens is 292 g/mol. The fourth-order valence-corrected chi connectivity index (χ4v) is 1.87. The van der Waals surface area contributed by atoms with Crippen molar-refractivity contribution in [2.45, 2.75) is 20.4 Å². The summed E-state index contributed by atoms with van der Waals surface area (Å²) in [6, 6.07) is 8.15. The molecular formula is C13H15BrN4. The summed E-state index contributed by atoms with van der Waals surface area (Å²) >= 11 is 3.41. The Morgan fingerprint density at radius 2 is 1.83 bits per heavy atom. The van der Waals surface area contributed by atoms with Crippen LogP contribution >= 0.6 is 15.9 Å². The molecule has 18 heavy (non-hydrogen) atoms. The van der Waals surface area contributed by atoms with E-state index in [0.29, 0.717) is 18.2 Å². The number of aromatic nitrogens is 2. The summed E-state index contributed by atoms with van der Waals surface area (Å²) in [6.07, 6.45) is 0. The van der Waals surface area contributed by atoms with Gasteiger partial charge in [-0.05, 0) is 31.5 Å². The summed E-state index contributed by atoms with van der Waals surface area (Å²) in [6.45, 7) is 4.46. The zero-order valence-corrected chi connectivity index (χ0v) is 12.0. The van der Waals surface area contributed by atoms with Crippen LogP contribution in [0.4, 0.5) is 11.6 Å². The summed E-state index contributed by atoms with van der Waals surface area (Å²) < 4.78 is 1.07. The number of nitrogens with zero attached hydrogens (tertiary/aromatic N) is 2. The molecule has 0 radical (unpaired) electrons. The molecule has 0 saturated heterocycles. The molecule has 1 aromatic carbocycles. The van der Waals surface area contributed by atoms with Crippen molar-refractivity contribution < 1.29 is 0 Å². The first kappa shape index (κ1) is 12.8. The van der Waals surface area contributed by atoms with Crippen LogP contribution in [0.15, 0.2) is 28.7 Å². The van der Waals surface area contributed by atoms with Crippen molar-refractivity contribution >= 4 is 27.6 Å². The molecule has 0 atom stereocenters. The summed E-state index contributed by atoms with van der Waals surface area (Å²) in [5, 5.41) is 3.28. The lowest BCUT2D eigenvalue weighted by molar-refractivity contribution is 1.01. The topological polar surface area (TPSA) is 63.8 Å². The van der Waals surface area contributed by atoms with E-state index < -0.39 is 0 Å².